The van der Waals surface area contributed by atoms with Gasteiger partial charge in [0.2, 0.25) is 0 Å². The van der Waals surface area contributed by atoms with Crippen LogP contribution in [0.15, 0.2) is 24.3 Å². The average Bonchev–Trinajstić information content (AvgIpc) is 2.16. The number of nitrogens with zero attached hydrogens (tertiary/aromatic N) is 1. The number of hydrogen-bond donors (Lipinski definition) is 1. The Morgan fingerprint density at radius 2 is 2.14 bits per heavy atom. The minimum absolute atomic E-state index is 0.0404. The largest absolute Gasteiger partial charge is 0.487 e. The molecule has 1 aliphatic rings. The number of likely N-dealkylation sites (tertiary alicyclic amines) is 1. The zero-order chi connectivity index (χ0) is 9.97. The molecule has 3 nitrogen and oxygen atoms in total. The van der Waals surface area contributed by atoms with Crippen molar-refractivity contribution in [1.82, 2.24) is 4.90 Å². The SMILES string of the molecule is CN1CC(Oc2ccccc2CO)C1. The van der Waals surface area contributed by atoms with Crippen LogP contribution in [0, 0.1) is 0 Å². The number of rotatable bonds is 3. The Kier molecular flexibility index (Phi) is 2.70. The van der Waals surface area contributed by atoms with Crippen LogP contribution >= 0.6 is 0 Å². The van der Waals surface area contributed by atoms with Crippen molar-refractivity contribution in [2.75, 3.05) is 20.1 Å². The first kappa shape index (κ1) is 9.49. The molecule has 0 atom stereocenters. The second-order valence-electron chi connectivity index (χ2n) is 3.73. The molecule has 1 fully saturated rings. The van der Waals surface area contributed by atoms with Crippen LogP contribution < -0.4 is 4.74 Å². The maximum Gasteiger partial charge on any atom is 0.125 e. The van der Waals surface area contributed by atoms with E-state index in [4.69, 9.17) is 9.84 Å². The van der Waals surface area contributed by atoms with Gasteiger partial charge in [-0.1, -0.05) is 18.2 Å². The van der Waals surface area contributed by atoms with Gasteiger partial charge in [0.15, 0.2) is 0 Å². The first-order valence-corrected chi connectivity index (χ1v) is 4.83. The average molecular weight is 193 g/mol. The molecule has 0 aliphatic carbocycles. The summed E-state index contributed by atoms with van der Waals surface area (Å²) in [4.78, 5) is 2.20. The fourth-order valence-electron chi connectivity index (χ4n) is 1.65. The van der Waals surface area contributed by atoms with Crippen molar-refractivity contribution >= 4 is 0 Å². The van der Waals surface area contributed by atoms with Gasteiger partial charge < -0.3 is 9.84 Å². The summed E-state index contributed by atoms with van der Waals surface area (Å²) in [6.07, 6.45) is 0.285. The molecule has 0 spiro atoms. The lowest BCUT2D eigenvalue weighted by molar-refractivity contribution is 0.0373. The molecule has 1 aromatic rings. The normalized spacial score (nSPS) is 17.9. The van der Waals surface area contributed by atoms with E-state index in [0.717, 1.165) is 24.4 Å². The van der Waals surface area contributed by atoms with E-state index in [1.165, 1.54) is 0 Å². The summed E-state index contributed by atoms with van der Waals surface area (Å²) < 4.78 is 5.74. The van der Waals surface area contributed by atoms with E-state index in [1.54, 1.807) is 0 Å². The van der Waals surface area contributed by atoms with E-state index in [2.05, 4.69) is 11.9 Å². The first-order chi connectivity index (χ1) is 6.79. The highest BCUT2D eigenvalue weighted by atomic mass is 16.5. The maximum atomic E-state index is 9.08. The van der Waals surface area contributed by atoms with Crippen molar-refractivity contribution in [3.63, 3.8) is 0 Å². The Hall–Kier alpha value is -1.06. The zero-order valence-corrected chi connectivity index (χ0v) is 8.31. The molecule has 0 radical (unpaired) electrons. The van der Waals surface area contributed by atoms with Gasteiger partial charge in [0, 0.05) is 18.7 Å². The Morgan fingerprint density at radius 1 is 1.43 bits per heavy atom. The Balaban J connectivity index is 2.01. The predicted octanol–water partition coefficient (Wildman–Crippen LogP) is 0.872. The number of aliphatic hydroxyl groups excluding tert-OH is 1. The Labute approximate surface area is 83.9 Å². The van der Waals surface area contributed by atoms with Gasteiger partial charge in [-0.05, 0) is 13.1 Å². The first-order valence-electron chi connectivity index (χ1n) is 4.83. The Bertz CT molecular complexity index is 308. The van der Waals surface area contributed by atoms with Crippen LogP contribution in [-0.2, 0) is 6.61 Å². The third-order valence-corrected chi connectivity index (χ3v) is 2.47. The monoisotopic (exact) mass is 193 g/mol. The summed E-state index contributed by atoms with van der Waals surface area (Å²) in [5.74, 6) is 0.813. The van der Waals surface area contributed by atoms with Gasteiger partial charge in [-0.3, -0.25) is 4.90 Å². The summed E-state index contributed by atoms with van der Waals surface area (Å²) in [6.45, 7) is 1.98. The van der Waals surface area contributed by atoms with Gasteiger partial charge in [-0.15, -0.1) is 0 Å². The second-order valence-corrected chi connectivity index (χ2v) is 3.73. The third-order valence-electron chi connectivity index (χ3n) is 2.47. The van der Waals surface area contributed by atoms with Gasteiger partial charge in [0.25, 0.3) is 0 Å². The van der Waals surface area contributed by atoms with E-state index < -0.39 is 0 Å². The molecule has 1 saturated heterocycles. The summed E-state index contributed by atoms with van der Waals surface area (Å²) in [5, 5.41) is 9.08. The maximum absolute atomic E-state index is 9.08. The van der Waals surface area contributed by atoms with Crippen LogP contribution in [-0.4, -0.2) is 36.2 Å². The quantitative estimate of drug-likeness (QED) is 0.773. The second kappa shape index (κ2) is 3.98. The Morgan fingerprint density at radius 3 is 2.79 bits per heavy atom. The molecule has 0 saturated carbocycles. The summed E-state index contributed by atoms with van der Waals surface area (Å²) in [6, 6.07) is 7.63. The number of aliphatic hydroxyl groups is 1. The van der Waals surface area contributed by atoms with Crippen LogP contribution in [0.3, 0.4) is 0 Å². The van der Waals surface area contributed by atoms with E-state index >= 15 is 0 Å². The lowest BCUT2D eigenvalue weighted by Gasteiger charge is -2.36. The molecule has 76 valence electrons. The predicted molar refractivity (Wildman–Crippen MR) is 54.3 cm³/mol. The van der Waals surface area contributed by atoms with Crippen LogP contribution in [0.4, 0.5) is 0 Å². The van der Waals surface area contributed by atoms with Crippen molar-refractivity contribution < 1.29 is 9.84 Å². The van der Waals surface area contributed by atoms with Crippen LogP contribution in [0.2, 0.25) is 0 Å². The number of hydrogen-bond acceptors (Lipinski definition) is 3. The molecule has 14 heavy (non-hydrogen) atoms. The van der Waals surface area contributed by atoms with E-state index in [9.17, 15) is 0 Å². The van der Waals surface area contributed by atoms with Crippen molar-refractivity contribution in [2.24, 2.45) is 0 Å². The van der Waals surface area contributed by atoms with Crippen LogP contribution in [0.1, 0.15) is 5.56 Å². The van der Waals surface area contributed by atoms with Crippen molar-refractivity contribution in [1.29, 1.82) is 0 Å². The molecule has 2 rings (SSSR count). The van der Waals surface area contributed by atoms with Crippen molar-refractivity contribution in [2.45, 2.75) is 12.7 Å². The van der Waals surface area contributed by atoms with Gasteiger partial charge in [-0.25, -0.2) is 0 Å². The summed E-state index contributed by atoms with van der Waals surface area (Å²) >= 11 is 0. The number of para-hydroxylation sites is 1. The molecular formula is C11H15NO2. The molecule has 0 amide bonds. The van der Waals surface area contributed by atoms with Gasteiger partial charge in [0.05, 0.1) is 6.61 Å². The molecule has 1 heterocycles. The molecular weight excluding hydrogens is 178 g/mol. The molecule has 3 heteroatoms. The third kappa shape index (κ3) is 1.89. The standard InChI is InChI=1S/C11H15NO2/c1-12-6-10(7-12)14-11-5-3-2-4-9(11)8-13/h2-5,10,13H,6-8H2,1H3. The van der Waals surface area contributed by atoms with Crippen LogP contribution in [0.25, 0.3) is 0 Å². The topological polar surface area (TPSA) is 32.7 Å². The smallest absolute Gasteiger partial charge is 0.125 e. The minimum atomic E-state index is 0.0404. The van der Waals surface area contributed by atoms with Gasteiger partial charge in [0.1, 0.15) is 11.9 Å². The highest BCUT2D eigenvalue weighted by Gasteiger charge is 2.25. The van der Waals surface area contributed by atoms with Crippen molar-refractivity contribution in [3.05, 3.63) is 29.8 Å². The fraction of sp³-hybridized carbons (Fsp3) is 0.455. The molecule has 1 aliphatic heterocycles. The number of benzene rings is 1. The minimum Gasteiger partial charge on any atom is -0.487 e. The highest BCUT2D eigenvalue weighted by molar-refractivity contribution is 5.33. The van der Waals surface area contributed by atoms with Gasteiger partial charge >= 0.3 is 0 Å². The molecule has 0 unspecified atom stereocenters. The van der Waals surface area contributed by atoms with Crippen LogP contribution in [0.5, 0.6) is 5.75 Å². The lowest BCUT2D eigenvalue weighted by atomic mass is 10.1. The number of likely N-dealkylation sites (N-methyl/N-ethyl adjacent to an activating group) is 1. The summed E-state index contributed by atoms with van der Waals surface area (Å²) in [7, 11) is 2.07. The molecule has 1 aromatic carbocycles. The summed E-state index contributed by atoms with van der Waals surface area (Å²) in [5.41, 5.74) is 0.863. The van der Waals surface area contributed by atoms with E-state index in [1.807, 2.05) is 24.3 Å². The highest BCUT2D eigenvalue weighted by Crippen LogP contribution is 2.21. The van der Waals surface area contributed by atoms with Gasteiger partial charge in [-0.2, -0.15) is 0 Å². The fourth-order valence-corrected chi connectivity index (χ4v) is 1.65. The number of ether oxygens (including phenoxy) is 1. The zero-order valence-electron chi connectivity index (χ0n) is 8.31. The van der Waals surface area contributed by atoms with Crippen molar-refractivity contribution in [3.8, 4) is 5.75 Å². The molecule has 0 bridgehead atoms. The van der Waals surface area contributed by atoms with E-state index in [0.29, 0.717) is 0 Å². The lowest BCUT2D eigenvalue weighted by Crippen LogP contribution is -2.51. The van der Waals surface area contributed by atoms with E-state index in [-0.39, 0.29) is 12.7 Å². The molecule has 0 aromatic heterocycles. The molecule has 1 N–H and O–H groups in total.